The number of nitrogens with two attached hydrogens (primary N) is 1. The summed E-state index contributed by atoms with van der Waals surface area (Å²) in [5.74, 6) is 0.605. The van der Waals surface area contributed by atoms with Crippen LogP contribution in [0.2, 0.25) is 0 Å². The normalized spacial score (nSPS) is 10.2. The van der Waals surface area contributed by atoms with Gasteiger partial charge in [-0.1, -0.05) is 0 Å². The Bertz CT molecular complexity index is 407. The van der Waals surface area contributed by atoms with Crippen LogP contribution in [0.15, 0.2) is 29.0 Å². The van der Waals surface area contributed by atoms with Crippen LogP contribution in [0.3, 0.4) is 0 Å². The molecule has 0 aliphatic heterocycles. The van der Waals surface area contributed by atoms with Gasteiger partial charge in [-0.3, -0.25) is 0 Å². The minimum absolute atomic E-state index is 0.605. The highest BCUT2D eigenvalue weighted by atomic mass is 16.3. The summed E-state index contributed by atoms with van der Waals surface area (Å²) in [6, 6.07) is 6.54. The summed E-state index contributed by atoms with van der Waals surface area (Å²) in [5.41, 5.74) is 8.18. The number of nitrogens with zero attached hydrogens (tertiary/aromatic N) is 1. The van der Waals surface area contributed by atoms with Crippen LogP contribution in [0, 0.1) is 13.0 Å². The number of aromatic nitrogens is 1. The quantitative estimate of drug-likeness (QED) is 0.671. The number of oxazole rings is 1. The third-order valence-electron chi connectivity index (χ3n) is 1.84. The Hall–Kier alpha value is -1.77. The van der Waals surface area contributed by atoms with Gasteiger partial charge in [-0.25, -0.2) is 4.98 Å². The van der Waals surface area contributed by atoms with Crippen molar-refractivity contribution in [3.8, 4) is 11.5 Å². The summed E-state index contributed by atoms with van der Waals surface area (Å²) in [4.78, 5) is 4.05. The Labute approximate surface area is 76.2 Å². The molecule has 1 aromatic carbocycles. The van der Waals surface area contributed by atoms with Crippen molar-refractivity contribution < 1.29 is 4.42 Å². The predicted molar refractivity (Wildman–Crippen MR) is 49.9 cm³/mol. The number of rotatable bonds is 1. The van der Waals surface area contributed by atoms with Crippen LogP contribution >= 0.6 is 0 Å². The third-order valence-corrected chi connectivity index (χ3v) is 1.84. The molecule has 0 fully saturated rings. The summed E-state index contributed by atoms with van der Waals surface area (Å²) in [6.45, 7) is 1.96. The first-order valence-electron chi connectivity index (χ1n) is 3.95. The van der Waals surface area contributed by atoms with Gasteiger partial charge in [0.2, 0.25) is 5.89 Å². The first kappa shape index (κ1) is 7.86. The number of hydrogen-bond donors (Lipinski definition) is 1. The average molecular weight is 173 g/mol. The molecule has 2 aromatic rings. The summed E-state index contributed by atoms with van der Waals surface area (Å²) in [6.07, 6.45) is 3.16. The molecule has 0 bridgehead atoms. The molecule has 0 amide bonds. The second-order valence-electron chi connectivity index (χ2n) is 2.82. The second-order valence-corrected chi connectivity index (χ2v) is 2.82. The zero-order chi connectivity index (χ0) is 9.26. The van der Waals surface area contributed by atoms with Crippen molar-refractivity contribution in [2.75, 3.05) is 5.73 Å². The summed E-state index contributed by atoms with van der Waals surface area (Å²) in [5, 5.41) is 0. The lowest BCUT2D eigenvalue weighted by molar-refractivity contribution is 0.574. The van der Waals surface area contributed by atoms with Crippen LogP contribution in [0.1, 0.15) is 5.56 Å². The van der Waals surface area contributed by atoms with E-state index in [-0.39, 0.29) is 0 Å². The molecule has 0 unspecified atom stereocenters. The van der Waals surface area contributed by atoms with Crippen molar-refractivity contribution >= 4 is 5.69 Å². The van der Waals surface area contributed by atoms with Gasteiger partial charge in [0.1, 0.15) is 6.26 Å². The van der Waals surface area contributed by atoms with Gasteiger partial charge in [0.05, 0.1) is 6.20 Å². The largest absolute Gasteiger partial charge is 0.445 e. The highest BCUT2D eigenvalue weighted by molar-refractivity contribution is 5.61. The van der Waals surface area contributed by atoms with Crippen LogP contribution in [0.4, 0.5) is 5.69 Å². The van der Waals surface area contributed by atoms with E-state index < -0.39 is 0 Å². The van der Waals surface area contributed by atoms with E-state index in [0.29, 0.717) is 11.6 Å². The first-order chi connectivity index (χ1) is 6.27. The van der Waals surface area contributed by atoms with Gasteiger partial charge < -0.3 is 10.2 Å². The van der Waals surface area contributed by atoms with Crippen LogP contribution in [0.5, 0.6) is 0 Å². The molecule has 2 N–H and O–H groups in total. The Morgan fingerprint density at radius 2 is 2.38 bits per heavy atom. The topological polar surface area (TPSA) is 52.0 Å². The molecule has 3 nitrogen and oxygen atoms in total. The molecule has 0 spiro atoms. The van der Waals surface area contributed by atoms with Crippen molar-refractivity contribution in [3.63, 3.8) is 0 Å². The van der Waals surface area contributed by atoms with Crippen molar-refractivity contribution in [2.45, 2.75) is 6.92 Å². The molecule has 1 radical (unpaired) electrons. The minimum Gasteiger partial charge on any atom is -0.445 e. The van der Waals surface area contributed by atoms with E-state index in [1.807, 2.05) is 13.0 Å². The Kier molecular flexibility index (Phi) is 1.77. The lowest BCUT2D eigenvalue weighted by Crippen LogP contribution is -1.88. The maximum Gasteiger partial charge on any atom is 0.226 e. The molecule has 65 valence electrons. The van der Waals surface area contributed by atoms with Crippen molar-refractivity contribution in [3.05, 3.63) is 36.2 Å². The maximum absolute atomic E-state index is 5.57. The molecule has 0 aliphatic carbocycles. The molecule has 3 heteroatoms. The fourth-order valence-electron chi connectivity index (χ4n) is 1.21. The summed E-state index contributed by atoms with van der Waals surface area (Å²) >= 11 is 0. The third kappa shape index (κ3) is 1.40. The highest BCUT2D eigenvalue weighted by Gasteiger charge is 2.05. The van der Waals surface area contributed by atoms with Crippen molar-refractivity contribution in [1.29, 1.82) is 0 Å². The van der Waals surface area contributed by atoms with E-state index in [1.54, 1.807) is 18.5 Å². The van der Waals surface area contributed by atoms with Crippen LogP contribution < -0.4 is 5.73 Å². The lowest BCUT2D eigenvalue weighted by Gasteiger charge is -2.01. The average Bonchev–Trinajstić information content (AvgIpc) is 2.56. The van der Waals surface area contributed by atoms with Gasteiger partial charge in [0, 0.05) is 17.3 Å². The molecule has 0 saturated carbocycles. The molecule has 1 aromatic heterocycles. The molecular formula is C10H9N2O. The fourth-order valence-corrected chi connectivity index (χ4v) is 1.21. The van der Waals surface area contributed by atoms with E-state index in [1.165, 1.54) is 0 Å². The Morgan fingerprint density at radius 1 is 1.54 bits per heavy atom. The first-order valence-corrected chi connectivity index (χ1v) is 3.95. The predicted octanol–water partition coefficient (Wildman–Crippen LogP) is 2.03. The van der Waals surface area contributed by atoms with Crippen molar-refractivity contribution in [1.82, 2.24) is 4.98 Å². The zero-order valence-corrected chi connectivity index (χ0v) is 7.24. The fraction of sp³-hybridized carbons (Fsp3) is 0.100. The Morgan fingerprint density at radius 3 is 3.00 bits per heavy atom. The maximum atomic E-state index is 5.57. The van der Waals surface area contributed by atoms with E-state index in [4.69, 9.17) is 10.2 Å². The van der Waals surface area contributed by atoms with Gasteiger partial charge in [-0.2, -0.15) is 0 Å². The molecule has 0 atom stereocenters. The summed E-state index contributed by atoms with van der Waals surface area (Å²) in [7, 11) is 0. The number of aryl methyl sites for hydroxylation is 1. The van der Waals surface area contributed by atoms with Crippen LogP contribution in [-0.4, -0.2) is 4.98 Å². The van der Waals surface area contributed by atoms with Crippen LogP contribution in [0.25, 0.3) is 11.5 Å². The minimum atomic E-state index is 0.605. The molecule has 1 heterocycles. The molecular weight excluding hydrogens is 164 g/mol. The molecule has 2 rings (SSSR count). The van der Waals surface area contributed by atoms with E-state index in [0.717, 1.165) is 11.1 Å². The van der Waals surface area contributed by atoms with Crippen LogP contribution in [-0.2, 0) is 0 Å². The number of nitrogen functional groups attached to an aromatic ring is 1. The lowest BCUT2D eigenvalue weighted by atomic mass is 10.1. The van der Waals surface area contributed by atoms with Gasteiger partial charge in [0.25, 0.3) is 0 Å². The van der Waals surface area contributed by atoms with E-state index in [2.05, 4.69) is 11.1 Å². The molecule has 0 saturated heterocycles. The molecule has 0 aliphatic rings. The number of anilines is 1. The van der Waals surface area contributed by atoms with Gasteiger partial charge >= 0.3 is 0 Å². The smallest absolute Gasteiger partial charge is 0.226 e. The van der Waals surface area contributed by atoms with Gasteiger partial charge in [-0.05, 0) is 24.6 Å². The van der Waals surface area contributed by atoms with Gasteiger partial charge in [-0.15, -0.1) is 0 Å². The monoisotopic (exact) mass is 173 g/mol. The standard InChI is InChI=1S/C10H9N2O/c1-7-6-8(11)2-3-9(7)10-12-4-5-13-10/h3-6H,11H2,1H3. The number of benzene rings is 1. The SMILES string of the molecule is Cc1cc(N)[c]cc1-c1ncco1. The number of hydrogen-bond acceptors (Lipinski definition) is 3. The summed E-state index contributed by atoms with van der Waals surface area (Å²) < 4.78 is 5.17. The van der Waals surface area contributed by atoms with E-state index >= 15 is 0 Å². The van der Waals surface area contributed by atoms with Gasteiger partial charge in [0.15, 0.2) is 0 Å². The van der Waals surface area contributed by atoms with E-state index in [9.17, 15) is 0 Å². The highest BCUT2D eigenvalue weighted by Crippen LogP contribution is 2.22. The molecule has 13 heavy (non-hydrogen) atoms. The zero-order valence-electron chi connectivity index (χ0n) is 7.24. The van der Waals surface area contributed by atoms with Crippen molar-refractivity contribution in [2.24, 2.45) is 0 Å². The second kappa shape index (κ2) is 2.94. The Balaban J connectivity index is 2.53.